The first-order valence-electron chi connectivity index (χ1n) is 6.86. The van der Waals surface area contributed by atoms with Crippen LogP contribution in [0.4, 0.5) is 5.69 Å². The summed E-state index contributed by atoms with van der Waals surface area (Å²) in [6.45, 7) is 5.26. The van der Waals surface area contributed by atoms with E-state index in [1.807, 2.05) is 12.1 Å². The summed E-state index contributed by atoms with van der Waals surface area (Å²) in [6.07, 6.45) is 1.55. The predicted octanol–water partition coefficient (Wildman–Crippen LogP) is 1.84. The maximum absolute atomic E-state index is 11.0. The van der Waals surface area contributed by atoms with E-state index < -0.39 is 6.10 Å². The third-order valence-corrected chi connectivity index (χ3v) is 3.64. The number of hydrogen-bond acceptors (Lipinski definition) is 3. The van der Waals surface area contributed by atoms with Crippen molar-refractivity contribution in [2.24, 2.45) is 0 Å². The number of piperidine rings is 1. The van der Waals surface area contributed by atoms with E-state index in [4.69, 9.17) is 0 Å². The smallest absolute Gasteiger partial charge is 0.217 e. The monoisotopic (exact) mass is 262 g/mol. The topological polar surface area (TPSA) is 52.6 Å². The zero-order chi connectivity index (χ0) is 13.8. The number of aliphatic hydroxyl groups is 1. The molecule has 0 aromatic heterocycles. The molecule has 0 saturated carbocycles. The molecule has 19 heavy (non-hydrogen) atoms. The fourth-order valence-corrected chi connectivity index (χ4v) is 2.53. The van der Waals surface area contributed by atoms with Crippen LogP contribution >= 0.6 is 0 Å². The average Bonchev–Trinajstić information content (AvgIpc) is 2.39. The fraction of sp³-hybridized carbons (Fsp3) is 0.533. The average molecular weight is 262 g/mol. The molecule has 1 aliphatic rings. The molecule has 1 fully saturated rings. The van der Waals surface area contributed by atoms with Crippen LogP contribution in [0.3, 0.4) is 0 Å². The Bertz CT molecular complexity index is 420. The summed E-state index contributed by atoms with van der Waals surface area (Å²) in [5.41, 5.74) is 2.13. The molecule has 0 bridgehead atoms. The molecule has 1 saturated heterocycles. The van der Waals surface area contributed by atoms with E-state index in [2.05, 4.69) is 22.3 Å². The van der Waals surface area contributed by atoms with Crippen LogP contribution in [0.2, 0.25) is 0 Å². The van der Waals surface area contributed by atoms with E-state index in [0.29, 0.717) is 6.04 Å². The summed E-state index contributed by atoms with van der Waals surface area (Å²) in [6, 6.07) is 8.37. The Hall–Kier alpha value is -1.55. The van der Waals surface area contributed by atoms with Gasteiger partial charge in [-0.2, -0.15) is 0 Å². The van der Waals surface area contributed by atoms with Gasteiger partial charge in [0.15, 0.2) is 0 Å². The summed E-state index contributed by atoms with van der Waals surface area (Å²) in [5.74, 6) is 0.0553. The van der Waals surface area contributed by atoms with Gasteiger partial charge in [-0.25, -0.2) is 0 Å². The standard InChI is InChI=1S/C15H22N2O2/c1-11(18)13-3-5-15(6-4-13)17-9-7-14(8-10-17)16-12(2)19/h3-6,11,14,18H,7-10H2,1-2H3,(H,16,19)/t11-/m0/s1. The van der Waals surface area contributed by atoms with Crippen LogP contribution in [0.1, 0.15) is 38.4 Å². The minimum Gasteiger partial charge on any atom is -0.389 e. The minimum atomic E-state index is -0.417. The molecule has 1 amide bonds. The first-order chi connectivity index (χ1) is 9.06. The van der Waals surface area contributed by atoms with Gasteiger partial charge in [-0.05, 0) is 37.5 Å². The van der Waals surface area contributed by atoms with Crippen LogP contribution in [0, 0.1) is 0 Å². The molecule has 0 radical (unpaired) electrons. The molecule has 1 aromatic carbocycles. The van der Waals surface area contributed by atoms with Crippen molar-refractivity contribution >= 4 is 11.6 Å². The van der Waals surface area contributed by atoms with Crippen LogP contribution in [-0.2, 0) is 4.79 Å². The second-order valence-corrected chi connectivity index (χ2v) is 5.23. The van der Waals surface area contributed by atoms with Crippen LogP contribution in [0.15, 0.2) is 24.3 Å². The fourth-order valence-electron chi connectivity index (χ4n) is 2.53. The molecule has 0 aliphatic carbocycles. The van der Waals surface area contributed by atoms with E-state index in [9.17, 15) is 9.90 Å². The van der Waals surface area contributed by atoms with Gasteiger partial charge in [-0.15, -0.1) is 0 Å². The van der Waals surface area contributed by atoms with Gasteiger partial charge in [0.2, 0.25) is 5.91 Å². The maximum atomic E-state index is 11.0. The highest BCUT2D eigenvalue weighted by Crippen LogP contribution is 2.22. The number of carbonyl (C=O) groups is 1. The molecule has 1 aliphatic heterocycles. The quantitative estimate of drug-likeness (QED) is 0.874. The number of benzene rings is 1. The van der Waals surface area contributed by atoms with Gasteiger partial charge >= 0.3 is 0 Å². The van der Waals surface area contributed by atoms with E-state index in [-0.39, 0.29) is 5.91 Å². The van der Waals surface area contributed by atoms with Crippen LogP contribution in [0.25, 0.3) is 0 Å². The molecule has 1 heterocycles. The van der Waals surface area contributed by atoms with Gasteiger partial charge in [-0.3, -0.25) is 4.79 Å². The molecular formula is C15H22N2O2. The molecule has 1 atom stereocenters. The van der Waals surface area contributed by atoms with Crippen molar-refractivity contribution in [2.75, 3.05) is 18.0 Å². The number of carbonyl (C=O) groups excluding carboxylic acids is 1. The molecule has 2 N–H and O–H groups in total. The van der Waals surface area contributed by atoms with Gasteiger partial charge in [0.1, 0.15) is 0 Å². The van der Waals surface area contributed by atoms with Crippen molar-refractivity contribution in [1.29, 1.82) is 0 Å². The second-order valence-electron chi connectivity index (χ2n) is 5.23. The largest absolute Gasteiger partial charge is 0.389 e. The lowest BCUT2D eigenvalue weighted by atomic mass is 10.0. The Morgan fingerprint density at radius 1 is 1.32 bits per heavy atom. The molecule has 4 heteroatoms. The third kappa shape index (κ3) is 3.70. The number of nitrogens with zero attached hydrogens (tertiary/aromatic N) is 1. The van der Waals surface area contributed by atoms with Crippen molar-refractivity contribution in [1.82, 2.24) is 5.32 Å². The number of nitrogens with one attached hydrogen (secondary N) is 1. The Morgan fingerprint density at radius 3 is 2.37 bits per heavy atom. The number of rotatable bonds is 3. The molecule has 104 valence electrons. The molecule has 1 aromatic rings. The third-order valence-electron chi connectivity index (χ3n) is 3.64. The van der Waals surface area contributed by atoms with Crippen molar-refractivity contribution in [3.8, 4) is 0 Å². The van der Waals surface area contributed by atoms with E-state index in [1.54, 1.807) is 13.8 Å². The second kappa shape index (κ2) is 6.06. The van der Waals surface area contributed by atoms with Crippen LogP contribution in [-0.4, -0.2) is 30.1 Å². The Morgan fingerprint density at radius 2 is 1.89 bits per heavy atom. The van der Waals surface area contributed by atoms with Crippen molar-refractivity contribution in [2.45, 2.75) is 38.8 Å². The van der Waals surface area contributed by atoms with E-state index in [0.717, 1.165) is 31.5 Å². The summed E-state index contributed by atoms with van der Waals surface area (Å²) in [7, 11) is 0. The highest BCUT2D eigenvalue weighted by atomic mass is 16.3. The zero-order valence-corrected chi connectivity index (χ0v) is 11.6. The summed E-state index contributed by atoms with van der Waals surface area (Å²) < 4.78 is 0. The van der Waals surface area contributed by atoms with Gasteiger partial charge in [0, 0.05) is 31.7 Å². The molecule has 4 nitrogen and oxygen atoms in total. The molecule has 0 unspecified atom stereocenters. The lowest BCUT2D eigenvalue weighted by molar-refractivity contribution is -0.119. The zero-order valence-electron chi connectivity index (χ0n) is 11.6. The molecule has 0 spiro atoms. The van der Waals surface area contributed by atoms with Gasteiger partial charge < -0.3 is 15.3 Å². The van der Waals surface area contributed by atoms with E-state index in [1.165, 1.54) is 5.69 Å². The number of anilines is 1. The predicted molar refractivity (Wildman–Crippen MR) is 76.1 cm³/mol. The Balaban J connectivity index is 1.92. The highest BCUT2D eigenvalue weighted by Gasteiger charge is 2.19. The van der Waals surface area contributed by atoms with E-state index >= 15 is 0 Å². The number of amides is 1. The lowest BCUT2D eigenvalue weighted by Crippen LogP contribution is -2.44. The normalized spacial score (nSPS) is 18.2. The lowest BCUT2D eigenvalue weighted by Gasteiger charge is -2.34. The van der Waals surface area contributed by atoms with Crippen molar-refractivity contribution in [3.05, 3.63) is 29.8 Å². The molecular weight excluding hydrogens is 240 g/mol. The first kappa shape index (κ1) is 13.9. The van der Waals surface area contributed by atoms with Gasteiger partial charge in [0.25, 0.3) is 0 Å². The summed E-state index contributed by atoms with van der Waals surface area (Å²) in [4.78, 5) is 13.3. The SMILES string of the molecule is CC(=O)NC1CCN(c2ccc([C@H](C)O)cc2)CC1. The highest BCUT2D eigenvalue weighted by molar-refractivity contribution is 5.73. The van der Waals surface area contributed by atoms with Gasteiger partial charge in [0.05, 0.1) is 6.10 Å². The summed E-state index contributed by atoms with van der Waals surface area (Å²) in [5, 5.41) is 12.5. The van der Waals surface area contributed by atoms with Crippen molar-refractivity contribution < 1.29 is 9.90 Å². The Kier molecular flexibility index (Phi) is 4.43. The van der Waals surface area contributed by atoms with Crippen LogP contribution < -0.4 is 10.2 Å². The minimum absolute atomic E-state index is 0.0553. The van der Waals surface area contributed by atoms with Crippen molar-refractivity contribution in [3.63, 3.8) is 0 Å². The summed E-state index contributed by atoms with van der Waals surface area (Å²) >= 11 is 0. The number of aliphatic hydroxyl groups excluding tert-OH is 1. The number of hydrogen-bond donors (Lipinski definition) is 2. The van der Waals surface area contributed by atoms with Crippen LogP contribution in [0.5, 0.6) is 0 Å². The first-order valence-corrected chi connectivity index (χ1v) is 6.86. The Labute approximate surface area is 114 Å². The van der Waals surface area contributed by atoms with Gasteiger partial charge in [-0.1, -0.05) is 12.1 Å². The maximum Gasteiger partial charge on any atom is 0.217 e. The molecule has 2 rings (SSSR count).